The van der Waals surface area contributed by atoms with Crippen LogP contribution in [0.3, 0.4) is 0 Å². The third-order valence-corrected chi connectivity index (χ3v) is 9.40. The number of thioether (sulfide) groups is 1. The maximum absolute atomic E-state index is 13.1. The molecule has 5 heteroatoms. The third-order valence-electron chi connectivity index (χ3n) is 8.02. The van der Waals surface area contributed by atoms with Crippen molar-refractivity contribution in [3.63, 3.8) is 0 Å². The second kappa shape index (κ2) is 7.74. The van der Waals surface area contributed by atoms with Gasteiger partial charge in [0, 0.05) is 5.56 Å². The third kappa shape index (κ3) is 3.50. The van der Waals surface area contributed by atoms with Crippen LogP contribution in [0.25, 0.3) is 6.08 Å². The molecule has 1 aliphatic heterocycles. The smallest absolute Gasteiger partial charge is 0.266 e. The van der Waals surface area contributed by atoms with Crippen molar-refractivity contribution < 1.29 is 9.90 Å². The van der Waals surface area contributed by atoms with Gasteiger partial charge in [-0.15, -0.1) is 0 Å². The quantitative estimate of drug-likeness (QED) is 0.431. The van der Waals surface area contributed by atoms with Crippen molar-refractivity contribution in [1.29, 1.82) is 0 Å². The van der Waals surface area contributed by atoms with E-state index in [0.29, 0.717) is 15.8 Å². The molecule has 7 rings (SSSR count). The summed E-state index contributed by atoms with van der Waals surface area (Å²) in [5.41, 5.74) is 3.40. The molecular weight excluding hydrogens is 434 g/mol. The van der Waals surface area contributed by atoms with E-state index < -0.39 is 0 Å². The Morgan fingerprint density at radius 3 is 2.34 bits per heavy atom. The number of benzene rings is 2. The highest BCUT2D eigenvalue weighted by molar-refractivity contribution is 8.26. The molecule has 1 N–H and O–H groups in total. The van der Waals surface area contributed by atoms with Crippen molar-refractivity contribution in [2.75, 3.05) is 0 Å². The van der Waals surface area contributed by atoms with Gasteiger partial charge in [0.2, 0.25) is 0 Å². The molecule has 5 aliphatic rings. The number of hydrogen-bond acceptors (Lipinski definition) is 4. The molecule has 3 nitrogen and oxygen atoms in total. The summed E-state index contributed by atoms with van der Waals surface area (Å²) >= 11 is 6.84. The number of amides is 1. The molecule has 5 fully saturated rings. The Hall–Kier alpha value is -2.11. The minimum absolute atomic E-state index is 0.0801. The van der Waals surface area contributed by atoms with Gasteiger partial charge in [-0.2, -0.15) is 0 Å². The van der Waals surface area contributed by atoms with Crippen LogP contribution in [0.15, 0.2) is 53.4 Å². The lowest BCUT2D eigenvalue weighted by Crippen LogP contribution is -2.48. The highest BCUT2D eigenvalue weighted by Gasteiger charge is 2.51. The molecule has 164 valence electrons. The number of hydrogen-bond donors (Lipinski definition) is 1. The van der Waals surface area contributed by atoms with Crippen molar-refractivity contribution in [2.45, 2.75) is 50.5 Å². The minimum Gasteiger partial charge on any atom is -0.507 e. The fourth-order valence-electron chi connectivity index (χ4n) is 7.01. The van der Waals surface area contributed by atoms with Crippen LogP contribution in [0.4, 0.5) is 0 Å². The first kappa shape index (κ1) is 20.5. The fraction of sp³-hybridized carbons (Fsp3) is 0.407. The zero-order chi connectivity index (χ0) is 21.9. The molecule has 32 heavy (non-hydrogen) atoms. The summed E-state index contributed by atoms with van der Waals surface area (Å²) in [4.78, 5) is 15.4. The van der Waals surface area contributed by atoms with Crippen molar-refractivity contribution in [3.8, 4) is 5.75 Å². The number of carbonyl (C=O) groups excluding carboxylic acids is 1. The van der Waals surface area contributed by atoms with Crippen molar-refractivity contribution in [1.82, 2.24) is 4.90 Å². The Bertz CT molecular complexity index is 1090. The van der Waals surface area contributed by atoms with Gasteiger partial charge in [-0.3, -0.25) is 9.69 Å². The molecule has 0 atom stereocenters. The molecule has 0 radical (unpaired) electrons. The Labute approximate surface area is 198 Å². The first-order valence-corrected chi connectivity index (χ1v) is 12.8. The van der Waals surface area contributed by atoms with Gasteiger partial charge in [0.25, 0.3) is 5.91 Å². The van der Waals surface area contributed by atoms with Gasteiger partial charge in [0.15, 0.2) is 0 Å². The molecule has 1 heterocycles. The molecule has 0 spiro atoms. The van der Waals surface area contributed by atoms with Crippen LogP contribution in [0, 0.1) is 17.8 Å². The Kier molecular flexibility index (Phi) is 4.96. The average Bonchev–Trinajstić information content (AvgIpc) is 3.02. The molecule has 2 aromatic rings. The summed E-state index contributed by atoms with van der Waals surface area (Å²) in [7, 11) is 0. The van der Waals surface area contributed by atoms with Crippen molar-refractivity contribution in [3.05, 3.63) is 70.1 Å². The van der Waals surface area contributed by atoms with Gasteiger partial charge >= 0.3 is 0 Å². The van der Waals surface area contributed by atoms with Gasteiger partial charge < -0.3 is 5.11 Å². The maximum atomic E-state index is 13.1. The average molecular weight is 462 g/mol. The van der Waals surface area contributed by atoms with E-state index in [2.05, 4.69) is 12.1 Å². The second-order valence-corrected chi connectivity index (χ2v) is 11.9. The molecule has 1 saturated heterocycles. The lowest BCUT2D eigenvalue weighted by atomic mass is 9.48. The van der Waals surface area contributed by atoms with E-state index in [1.54, 1.807) is 4.90 Å². The molecule has 1 amide bonds. The summed E-state index contributed by atoms with van der Waals surface area (Å²) in [6.45, 7) is 0.474. The van der Waals surface area contributed by atoms with E-state index in [1.807, 2.05) is 42.5 Å². The maximum Gasteiger partial charge on any atom is 0.266 e. The highest BCUT2D eigenvalue weighted by atomic mass is 32.2. The number of nitrogens with zero attached hydrogens (tertiary/aromatic N) is 1. The summed E-state index contributed by atoms with van der Waals surface area (Å²) in [6, 6.07) is 16.0. The number of thiocarbonyl (C=S) groups is 1. The summed E-state index contributed by atoms with van der Waals surface area (Å²) in [5, 5.41) is 10.6. The van der Waals surface area contributed by atoms with Crippen LogP contribution in [0.2, 0.25) is 0 Å². The summed E-state index contributed by atoms with van der Waals surface area (Å²) in [5.74, 6) is 2.75. The molecule has 4 saturated carbocycles. The normalized spacial score (nSPS) is 32.3. The second-order valence-electron chi connectivity index (χ2n) is 10.2. The van der Waals surface area contributed by atoms with Crippen molar-refractivity contribution in [2.24, 2.45) is 17.8 Å². The zero-order valence-electron chi connectivity index (χ0n) is 18.0. The van der Waals surface area contributed by atoms with Crippen LogP contribution < -0.4 is 0 Å². The van der Waals surface area contributed by atoms with Crippen LogP contribution >= 0.6 is 24.0 Å². The Morgan fingerprint density at radius 2 is 1.69 bits per heavy atom. The zero-order valence-corrected chi connectivity index (χ0v) is 19.6. The molecular formula is C27H27NO2S2. The Balaban J connectivity index is 1.29. The van der Waals surface area contributed by atoms with E-state index >= 15 is 0 Å². The molecule has 4 bridgehead atoms. The lowest BCUT2D eigenvalue weighted by molar-refractivity contribution is -0.122. The van der Waals surface area contributed by atoms with Crippen LogP contribution in [0.1, 0.15) is 55.2 Å². The predicted molar refractivity (Wildman–Crippen MR) is 133 cm³/mol. The van der Waals surface area contributed by atoms with Crippen LogP contribution in [0.5, 0.6) is 5.75 Å². The molecule has 0 aromatic heterocycles. The number of carbonyl (C=O) groups is 1. The molecule has 4 aliphatic carbocycles. The minimum atomic E-state index is -0.0801. The molecule has 2 aromatic carbocycles. The van der Waals surface area contributed by atoms with Gasteiger partial charge in [0.05, 0.1) is 11.4 Å². The van der Waals surface area contributed by atoms with E-state index in [1.165, 1.54) is 55.9 Å². The van der Waals surface area contributed by atoms with E-state index in [0.717, 1.165) is 28.9 Å². The number of phenols is 1. The first-order chi connectivity index (χ1) is 15.5. The van der Waals surface area contributed by atoms with E-state index in [-0.39, 0.29) is 17.1 Å². The standard InChI is InChI=1S/C27H27NO2S2/c29-23-7-6-22(27-13-18-8-19(14-27)10-20(9-18)15-27)11-21(23)12-24-25(30)28(26(31)32-24)16-17-4-2-1-3-5-17/h1-7,11-12,18-20,29H,8-10,13-16H2. The van der Waals surface area contributed by atoms with Gasteiger partial charge in [-0.05, 0) is 91.0 Å². The van der Waals surface area contributed by atoms with Crippen LogP contribution in [-0.4, -0.2) is 20.2 Å². The monoisotopic (exact) mass is 461 g/mol. The van der Waals surface area contributed by atoms with E-state index in [4.69, 9.17) is 12.2 Å². The van der Waals surface area contributed by atoms with Crippen molar-refractivity contribution >= 4 is 40.3 Å². The number of aromatic hydroxyl groups is 1. The first-order valence-electron chi connectivity index (χ1n) is 11.6. The van der Waals surface area contributed by atoms with Crippen LogP contribution in [-0.2, 0) is 16.8 Å². The summed E-state index contributed by atoms with van der Waals surface area (Å²) < 4.78 is 0.571. The largest absolute Gasteiger partial charge is 0.507 e. The van der Waals surface area contributed by atoms with Gasteiger partial charge in [-0.25, -0.2) is 0 Å². The SMILES string of the molecule is O=C1C(=Cc2cc(C34CC5CC(CC(C5)C3)C4)ccc2O)SC(=S)N1Cc1ccccc1. The summed E-state index contributed by atoms with van der Waals surface area (Å²) in [6.07, 6.45) is 9.91. The number of phenolic OH excluding ortho intramolecular Hbond substituents is 1. The Morgan fingerprint density at radius 1 is 1.03 bits per heavy atom. The predicted octanol–water partition coefficient (Wildman–Crippen LogP) is 6.26. The molecule has 0 unspecified atom stereocenters. The lowest BCUT2D eigenvalue weighted by Gasteiger charge is -2.57. The van der Waals surface area contributed by atoms with E-state index in [9.17, 15) is 9.90 Å². The van der Waals surface area contributed by atoms with Gasteiger partial charge in [-0.1, -0.05) is 60.4 Å². The highest BCUT2D eigenvalue weighted by Crippen LogP contribution is 2.61. The number of rotatable bonds is 4. The fourth-order valence-corrected chi connectivity index (χ4v) is 8.25. The van der Waals surface area contributed by atoms with Gasteiger partial charge in [0.1, 0.15) is 10.1 Å². The topological polar surface area (TPSA) is 40.5 Å².